The lowest BCUT2D eigenvalue weighted by Crippen LogP contribution is -2.49. The molecule has 0 spiro atoms. The molecule has 1 aliphatic heterocycles. The molecule has 0 bridgehead atoms. The van der Waals surface area contributed by atoms with Crippen molar-refractivity contribution in [1.29, 1.82) is 0 Å². The Labute approximate surface area is 180 Å². The maximum Gasteiger partial charge on any atom is 0.273 e. The molecule has 0 atom stereocenters. The molecular weight excluding hydrogens is 390 g/mol. The third-order valence-corrected chi connectivity index (χ3v) is 5.88. The fourth-order valence-electron chi connectivity index (χ4n) is 4.29. The van der Waals surface area contributed by atoms with E-state index in [0.717, 1.165) is 48.3 Å². The largest absolute Gasteiger partial charge is 0.353 e. The smallest absolute Gasteiger partial charge is 0.273 e. The van der Waals surface area contributed by atoms with Gasteiger partial charge in [0.1, 0.15) is 17.3 Å². The van der Waals surface area contributed by atoms with E-state index < -0.39 is 0 Å². The summed E-state index contributed by atoms with van der Waals surface area (Å²) in [5.41, 5.74) is 1.69. The summed E-state index contributed by atoms with van der Waals surface area (Å²) in [5, 5.41) is 10.4. The minimum atomic E-state index is -0.0142. The Bertz CT molecular complexity index is 1250. The summed E-state index contributed by atoms with van der Waals surface area (Å²) in [5.74, 6) is 2.38. The lowest BCUT2D eigenvalue weighted by molar-refractivity contribution is 0.0743. The summed E-state index contributed by atoms with van der Waals surface area (Å²) < 4.78 is 2.03. The Balaban J connectivity index is 1.36. The number of aryl methyl sites for hydroxylation is 2. The zero-order valence-electron chi connectivity index (χ0n) is 17.8. The summed E-state index contributed by atoms with van der Waals surface area (Å²) >= 11 is 0. The number of hydrogen-bond donors (Lipinski definition) is 0. The van der Waals surface area contributed by atoms with Crippen LogP contribution in [0.1, 0.15) is 35.4 Å². The highest BCUT2D eigenvalue weighted by Crippen LogP contribution is 2.22. The lowest BCUT2D eigenvalue weighted by Gasteiger charge is -2.35. The fourth-order valence-corrected chi connectivity index (χ4v) is 4.29. The minimum Gasteiger partial charge on any atom is -0.353 e. The second-order valence-electron chi connectivity index (χ2n) is 7.90. The summed E-state index contributed by atoms with van der Waals surface area (Å²) in [6.07, 6.45) is 3.69. The second kappa shape index (κ2) is 7.94. The van der Waals surface area contributed by atoms with Crippen molar-refractivity contribution in [1.82, 2.24) is 29.5 Å². The monoisotopic (exact) mass is 415 g/mol. The Kier molecular flexibility index (Phi) is 4.97. The predicted molar refractivity (Wildman–Crippen MR) is 119 cm³/mol. The molecule has 1 saturated heterocycles. The molecular formula is C23H25N7O. The van der Waals surface area contributed by atoms with Gasteiger partial charge in [0.25, 0.3) is 11.7 Å². The number of anilines is 1. The van der Waals surface area contributed by atoms with Gasteiger partial charge in [0.2, 0.25) is 0 Å². The van der Waals surface area contributed by atoms with Crippen LogP contribution in [-0.4, -0.2) is 61.6 Å². The van der Waals surface area contributed by atoms with Crippen molar-refractivity contribution in [3.05, 3.63) is 59.8 Å². The quantitative estimate of drug-likeness (QED) is 0.510. The van der Waals surface area contributed by atoms with Crippen molar-refractivity contribution >= 4 is 28.3 Å². The van der Waals surface area contributed by atoms with E-state index in [9.17, 15) is 4.79 Å². The number of hydrogen-bond acceptors (Lipinski definition) is 6. The van der Waals surface area contributed by atoms with Gasteiger partial charge in [-0.3, -0.25) is 14.2 Å². The number of aromatic nitrogens is 5. The van der Waals surface area contributed by atoms with Crippen LogP contribution in [0.3, 0.4) is 0 Å². The van der Waals surface area contributed by atoms with E-state index in [2.05, 4.69) is 33.1 Å². The molecule has 4 heterocycles. The number of pyridine rings is 1. The van der Waals surface area contributed by atoms with Crippen LogP contribution in [0.5, 0.6) is 0 Å². The van der Waals surface area contributed by atoms with E-state index >= 15 is 0 Å². The maximum absolute atomic E-state index is 13.2. The minimum absolute atomic E-state index is 0.0142. The number of carbonyl (C=O) groups excluding carboxylic acids is 1. The average Bonchev–Trinajstić information content (AvgIpc) is 3.19. The molecule has 5 rings (SSSR count). The molecule has 0 radical (unpaired) electrons. The summed E-state index contributed by atoms with van der Waals surface area (Å²) in [7, 11) is 0. The molecule has 1 aromatic carbocycles. The average molecular weight is 416 g/mol. The Morgan fingerprint density at radius 1 is 1.06 bits per heavy atom. The zero-order valence-corrected chi connectivity index (χ0v) is 17.8. The maximum atomic E-state index is 13.2. The van der Waals surface area contributed by atoms with Gasteiger partial charge in [0, 0.05) is 49.5 Å². The standard InChI is InChI=1S/C23H25N7O/c1-3-6-18-15-20(25-23-27-26-16(2)30(18)23)28-11-13-29(14-12-28)22(31)21-19-8-5-4-7-17(19)9-10-24-21/h4-5,7-10,15H,3,6,11-14H2,1-2H3. The van der Waals surface area contributed by atoms with Gasteiger partial charge in [-0.25, -0.2) is 0 Å². The molecule has 8 heteroatoms. The first kappa shape index (κ1) is 19.4. The highest BCUT2D eigenvalue weighted by Gasteiger charge is 2.25. The Hall–Kier alpha value is -3.55. The van der Waals surface area contributed by atoms with Gasteiger partial charge >= 0.3 is 0 Å². The van der Waals surface area contributed by atoms with Gasteiger partial charge in [0.05, 0.1) is 0 Å². The van der Waals surface area contributed by atoms with Crippen molar-refractivity contribution in [2.24, 2.45) is 0 Å². The number of carbonyl (C=O) groups is 1. The second-order valence-corrected chi connectivity index (χ2v) is 7.90. The van der Waals surface area contributed by atoms with E-state index in [1.165, 1.54) is 5.69 Å². The highest BCUT2D eigenvalue weighted by atomic mass is 16.2. The van der Waals surface area contributed by atoms with E-state index in [0.29, 0.717) is 24.6 Å². The van der Waals surface area contributed by atoms with Crippen molar-refractivity contribution in [2.75, 3.05) is 31.1 Å². The van der Waals surface area contributed by atoms with Crippen LogP contribution in [-0.2, 0) is 6.42 Å². The van der Waals surface area contributed by atoms with E-state index in [-0.39, 0.29) is 5.91 Å². The summed E-state index contributed by atoms with van der Waals surface area (Å²) in [4.78, 5) is 26.4. The molecule has 1 amide bonds. The molecule has 31 heavy (non-hydrogen) atoms. The molecule has 8 nitrogen and oxygen atoms in total. The van der Waals surface area contributed by atoms with Gasteiger partial charge in [-0.05, 0) is 24.8 Å². The molecule has 3 aromatic heterocycles. The number of rotatable bonds is 4. The lowest BCUT2D eigenvalue weighted by atomic mass is 10.1. The molecule has 0 aliphatic carbocycles. The van der Waals surface area contributed by atoms with Crippen molar-refractivity contribution in [2.45, 2.75) is 26.7 Å². The van der Waals surface area contributed by atoms with E-state index in [4.69, 9.17) is 4.98 Å². The summed E-state index contributed by atoms with van der Waals surface area (Å²) in [6, 6.07) is 12.0. The fraction of sp³-hybridized carbons (Fsp3) is 0.348. The van der Waals surface area contributed by atoms with Crippen LogP contribution in [0.15, 0.2) is 42.6 Å². The number of fused-ring (bicyclic) bond motifs is 2. The van der Waals surface area contributed by atoms with Crippen molar-refractivity contribution in [3.63, 3.8) is 0 Å². The topological polar surface area (TPSA) is 79.5 Å². The third kappa shape index (κ3) is 3.48. The molecule has 4 aromatic rings. The van der Waals surface area contributed by atoms with Crippen molar-refractivity contribution in [3.8, 4) is 0 Å². The van der Waals surface area contributed by atoms with Gasteiger partial charge < -0.3 is 9.80 Å². The molecule has 158 valence electrons. The highest BCUT2D eigenvalue weighted by molar-refractivity contribution is 6.05. The van der Waals surface area contributed by atoms with Crippen LogP contribution >= 0.6 is 0 Å². The normalized spacial score (nSPS) is 14.5. The van der Waals surface area contributed by atoms with Crippen molar-refractivity contribution < 1.29 is 4.79 Å². The van der Waals surface area contributed by atoms with Gasteiger partial charge in [0.15, 0.2) is 0 Å². The van der Waals surface area contributed by atoms with Crippen LogP contribution in [0.4, 0.5) is 5.82 Å². The Morgan fingerprint density at radius 3 is 2.68 bits per heavy atom. The number of amides is 1. The number of benzene rings is 1. The predicted octanol–water partition coefficient (Wildman–Crippen LogP) is 2.90. The Morgan fingerprint density at radius 2 is 1.87 bits per heavy atom. The first-order chi connectivity index (χ1) is 15.2. The first-order valence-electron chi connectivity index (χ1n) is 10.8. The van der Waals surface area contributed by atoms with Gasteiger partial charge in [-0.2, -0.15) is 4.98 Å². The molecule has 0 N–H and O–H groups in total. The van der Waals surface area contributed by atoms with Gasteiger partial charge in [-0.15, -0.1) is 10.2 Å². The molecule has 1 fully saturated rings. The third-order valence-electron chi connectivity index (χ3n) is 5.88. The van der Waals surface area contributed by atoms with Crippen LogP contribution in [0, 0.1) is 6.92 Å². The van der Waals surface area contributed by atoms with E-state index in [1.54, 1.807) is 6.20 Å². The molecule has 0 saturated carbocycles. The van der Waals surface area contributed by atoms with Crippen LogP contribution in [0.25, 0.3) is 16.6 Å². The molecule has 1 aliphatic rings. The SMILES string of the molecule is CCCc1cc(N2CCN(C(=O)c3nccc4ccccc34)CC2)nc2nnc(C)n12. The van der Waals surface area contributed by atoms with Crippen LogP contribution in [0.2, 0.25) is 0 Å². The molecule has 0 unspecified atom stereocenters. The number of nitrogens with zero attached hydrogens (tertiary/aromatic N) is 7. The van der Waals surface area contributed by atoms with Crippen LogP contribution < -0.4 is 4.90 Å². The van der Waals surface area contributed by atoms with Gasteiger partial charge in [-0.1, -0.05) is 37.6 Å². The zero-order chi connectivity index (χ0) is 21.4. The van der Waals surface area contributed by atoms with E-state index in [1.807, 2.05) is 46.6 Å². The summed E-state index contributed by atoms with van der Waals surface area (Å²) in [6.45, 7) is 6.82. The number of piperazine rings is 1. The first-order valence-corrected chi connectivity index (χ1v) is 10.8.